The molecule has 0 aromatic heterocycles. The van der Waals surface area contributed by atoms with E-state index >= 15 is 0 Å². The van der Waals surface area contributed by atoms with Gasteiger partial charge in [-0.15, -0.1) is 0 Å². The summed E-state index contributed by atoms with van der Waals surface area (Å²) in [6.45, 7) is 9.80. The Kier molecular flexibility index (Phi) is 8.72. The summed E-state index contributed by atoms with van der Waals surface area (Å²) in [6.07, 6.45) is 0.819. The molecule has 0 radical (unpaired) electrons. The fourth-order valence-corrected chi connectivity index (χ4v) is 3.06. The van der Waals surface area contributed by atoms with Gasteiger partial charge in [0.25, 0.3) is 5.91 Å². The standard InChI is InChI=1S/C24H31ClN2O3/c1-6-17(3)26-24(29)19(5)27(14-20-10-12-21(25)13-11-20)23(28)15-30-22-9-7-8-16(2)18(22)4/h7-13,17,19H,6,14-15H2,1-5H3,(H,26,29)/t17-,19+/m0/s1. The summed E-state index contributed by atoms with van der Waals surface area (Å²) in [5.41, 5.74) is 2.99. The number of hydrogen-bond acceptors (Lipinski definition) is 3. The van der Waals surface area contributed by atoms with Crippen LogP contribution in [0.3, 0.4) is 0 Å². The lowest BCUT2D eigenvalue weighted by Crippen LogP contribution is -2.50. The van der Waals surface area contributed by atoms with Crippen LogP contribution >= 0.6 is 11.6 Å². The molecule has 0 spiro atoms. The van der Waals surface area contributed by atoms with Crippen molar-refractivity contribution in [1.29, 1.82) is 0 Å². The third-order valence-electron chi connectivity index (χ3n) is 5.34. The number of benzene rings is 2. The van der Waals surface area contributed by atoms with Gasteiger partial charge >= 0.3 is 0 Å². The number of aryl methyl sites for hydroxylation is 1. The topological polar surface area (TPSA) is 58.6 Å². The largest absolute Gasteiger partial charge is 0.483 e. The SMILES string of the molecule is CC[C@H](C)NC(=O)[C@@H](C)N(Cc1ccc(Cl)cc1)C(=O)COc1cccc(C)c1C. The zero-order chi connectivity index (χ0) is 22.3. The van der Waals surface area contributed by atoms with Crippen molar-refractivity contribution < 1.29 is 14.3 Å². The molecule has 2 aromatic rings. The van der Waals surface area contributed by atoms with E-state index in [2.05, 4.69) is 5.32 Å². The number of nitrogens with one attached hydrogen (secondary N) is 1. The number of amides is 2. The molecule has 2 aromatic carbocycles. The van der Waals surface area contributed by atoms with Crippen molar-refractivity contribution in [2.24, 2.45) is 0 Å². The highest BCUT2D eigenvalue weighted by molar-refractivity contribution is 6.30. The number of ether oxygens (including phenoxy) is 1. The average Bonchev–Trinajstić information content (AvgIpc) is 2.73. The van der Waals surface area contributed by atoms with Crippen molar-refractivity contribution >= 4 is 23.4 Å². The third kappa shape index (κ3) is 6.49. The van der Waals surface area contributed by atoms with Gasteiger partial charge in [0.05, 0.1) is 0 Å². The van der Waals surface area contributed by atoms with E-state index in [1.54, 1.807) is 24.0 Å². The van der Waals surface area contributed by atoms with E-state index in [0.29, 0.717) is 17.3 Å². The van der Waals surface area contributed by atoms with Gasteiger partial charge in [0, 0.05) is 17.6 Å². The highest BCUT2D eigenvalue weighted by Gasteiger charge is 2.27. The van der Waals surface area contributed by atoms with E-state index in [9.17, 15) is 9.59 Å². The molecule has 0 aliphatic rings. The molecule has 0 heterocycles. The first kappa shape index (κ1) is 23.7. The van der Waals surface area contributed by atoms with Crippen molar-refractivity contribution in [3.8, 4) is 5.75 Å². The normalized spacial score (nSPS) is 12.7. The lowest BCUT2D eigenvalue weighted by Gasteiger charge is -2.29. The van der Waals surface area contributed by atoms with Gasteiger partial charge < -0.3 is 15.0 Å². The summed E-state index contributed by atoms with van der Waals surface area (Å²) in [4.78, 5) is 27.3. The van der Waals surface area contributed by atoms with E-state index in [-0.39, 0.29) is 24.5 Å². The molecule has 0 bridgehead atoms. The minimum absolute atomic E-state index is 0.0404. The van der Waals surface area contributed by atoms with E-state index in [4.69, 9.17) is 16.3 Å². The van der Waals surface area contributed by atoms with Crippen LogP contribution in [0.1, 0.15) is 43.9 Å². The molecular weight excluding hydrogens is 400 g/mol. The van der Waals surface area contributed by atoms with Gasteiger partial charge in [-0.05, 0) is 69.0 Å². The fraction of sp³-hybridized carbons (Fsp3) is 0.417. The first-order valence-electron chi connectivity index (χ1n) is 10.3. The molecule has 162 valence electrons. The Bertz CT molecular complexity index is 867. The maximum Gasteiger partial charge on any atom is 0.261 e. The molecule has 2 rings (SSSR count). The Morgan fingerprint density at radius 1 is 1.10 bits per heavy atom. The number of rotatable bonds is 9. The average molecular weight is 431 g/mol. The molecule has 6 heteroatoms. The van der Waals surface area contributed by atoms with Crippen molar-refractivity contribution in [3.05, 3.63) is 64.2 Å². The van der Waals surface area contributed by atoms with Crippen molar-refractivity contribution in [1.82, 2.24) is 10.2 Å². The summed E-state index contributed by atoms with van der Waals surface area (Å²) in [5.74, 6) is 0.238. The molecular formula is C24H31ClN2O3. The van der Waals surface area contributed by atoms with Gasteiger partial charge in [-0.25, -0.2) is 0 Å². The first-order chi connectivity index (χ1) is 14.2. The van der Waals surface area contributed by atoms with Crippen LogP contribution in [-0.4, -0.2) is 35.4 Å². The minimum Gasteiger partial charge on any atom is -0.483 e. The lowest BCUT2D eigenvalue weighted by molar-refractivity contribution is -0.142. The zero-order valence-electron chi connectivity index (χ0n) is 18.4. The maximum absolute atomic E-state index is 13.1. The summed E-state index contributed by atoms with van der Waals surface area (Å²) < 4.78 is 5.81. The number of nitrogens with zero attached hydrogens (tertiary/aromatic N) is 1. The highest BCUT2D eigenvalue weighted by atomic mass is 35.5. The van der Waals surface area contributed by atoms with Crippen molar-refractivity contribution in [2.75, 3.05) is 6.61 Å². The number of carbonyl (C=O) groups is 2. The van der Waals surface area contributed by atoms with Crippen LogP contribution in [0.5, 0.6) is 5.75 Å². The lowest BCUT2D eigenvalue weighted by atomic mass is 10.1. The quantitative estimate of drug-likeness (QED) is 0.629. The Morgan fingerprint density at radius 2 is 1.77 bits per heavy atom. The third-order valence-corrected chi connectivity index (χ3v) is 5.59. The smallest absolute Gasteiger partial charge is 0.261 e. The van der Waals surface area contributed by atoms with Crippen LogP contribution in [0.2, 0.25) is 5.02 Å². The minimum atomic E-state index is -0.635. The van der Waals surface area contributed by atoms with E-state index in [1.165, 1.54) is 0 Å². The van der Waals surface area contributed by atoms with E-state index in [0.717, 1.165) is 23.1 Å². The van der Waals surface area contributed by atoms with Crippen molar-refractivity contribution in [2.45, 2.75) is 59.7 Å². The molecule has 2 atom stereocenters. The van der Waals surface area contributed by atoms with Gasteiger partial charge in [0.1, 0.15) is 11.8 Å². The highest BCUT2D eigenvalue weighted by Crippen LogP contribution is 2.21. The Balaban J connectivity index is 2.17. The second-order valence-electron chi connectivity index (χ2n) is 7.63. The molecule has 1 N–H and O–H groups in total. The summed E-state index contributed by atoms with van der Waals surface area (Å²) >= 11 is 5.98. The Morgan fingerprint density at radius 3 is 2.40 bits per heavy atom. The van der Waals surface area contributed by atoms with Crippen LogP contribution in [0, 0.1) is 13.8 Å². The van der Waals surface area contributed by atoms with Gasteiger partial charge in [0.15, 0.2) is 6.61 Å². The van der Waals surface area contributed by atoms with Gasteiger partial charge in [-0.2, -0.15) is 0 Å². The van der Waals surface area contributed by atoms with Gasteiger partial charge in [-0.1, -0.05) is 42.8 Å². The predicted octanol–water partition coefficient (Wildman–Crippen LogP) is 4.67. The predicted molar refractivity (Wildman–Crippen MR) is 121 cm³/mol. The van der Waals surface area contributed by atoms with Gasteiger partial charge in [-0.3, -0.25) is 9.59 Å². The molecule has 0 fully saturated rings. The molecule has 0 saturated carbocycles. The van der Waals surface area contributed by atoms with Crippen molar-refractivity contribution in [3.63, 3.8) is 0 Å². The molecule has 0 aliphatic carbocycles. The molecule has 5 nitrogen and oxygen atoms in total. The molecule has 0 aliphatic heterocycles. The monoisotopic (exact) mass is 430 g/mol. The second-order valence-corrected chi connectivity index (χ2v) is 8.07. The van der Waals surface area contributed by atoms with Crippen LogP contribution < -0.4 is 10.1 Å². The zero-order valence-corrected chi connectivity index (χ0v) is 19.1. The number of halogens is 1. The summed E-state index contributed by atoms with van der Waals surface area (Å²) in [7, 11) is 0. The van der Waals surface area contributed by atoms with E-state index in [1.807, 2.05) is 58.0 Å². The second kappa shape index (κ2) is 11.0. The van der Waals surface area contributed by atoms with Crippen LogP contribution in [0.25, 0.3) is 0 Å². The van der Waals surface area contributed by atoms with E-state index < -0.39 is 6.04 Å². The molecule has 0 saturated heterocycles. The Labute approximate surface area is 184 Å². The molecule has 2 amide bonds. The maximum atomic E-state index is 13.1. The first-order valence-corrected chi connectivity index (χ1v) is 10.6. The number of carbonyl (C=O) groups excluding carboxylic acids is 2. The van der Waals surface area contributed by atoms with Crippen LogP contribution in [0.4, 0.5) is 0 Å². The van der Waals surface area contributed by atoms with Crippen LogP contribution in [0.15, 0.2) is 42.5 Å². The fourth-order valence-electron chi connectivity index (χ4n) is 2.94. The van der Waals surface area contributed by atoms with Crippen LogP contribution in [-0.2, 0) is 16.1 Å². The molecule has 30 heavy (non-hydrogen) atoms. The molecule has 0 unspecified atom stereocenters. The summed E-state index contributed by atoms with van der Waals surface area (Å²) in [6, 6.07) is 12.4. The number of hydrogen-bond donors (Lipinski definition) is 1. The Hall–Kier alpha value is -2.53. The summed E-state index contributed by atoms with van der Waals surface area (Å²) in [5, 5.41) is 3.58. The van der Waals surface area contributed by atoms with Gasteiger partial charge in [0.2, 0.25) is 5.91 Å².